The number of nitrogens with zero attached hydrogens (tertiary/aromatic N) is 1. The summed E-state index contributed by atoms with van der Waals surface area (Å²) in [6, 6.07) is 7.01. The smallest absolute Gasteiger partial charge is 0.268 e. The van der Waals surface area contributed by atoms with Crippen LogP contribution in [0.25, 0.3) is 10.9 Å². The number of nitrogens with one attached hydrogen (secondary N) is 3. The van der Waals surface area contributed by atoms with E-state index in [1.165, 1.54) is 0 Å². The third kappa shape index (κ3) is 4.71. The standard InChI is InChI=1S/C22H30N4O4S/c1-3-31(29,30)25-17-8-9-19-15(10-17)11-20-22(28)23-13-18(26(19)20)12-21(27)24-16-6-4-14(2)5-7-16/h8-11,14,16,18,25H,3-7,12-13H2,1-2H3,(H,23,28)(H,24,27). The van der Waals surface area contributed by atoms with Crippen molar-refractivity contribution in [3.8, 4) is 0 Å². The maximum Gasteiger partial charge on any atom is 0.268 e. The van der Waals surface area contributed by atoms with Gasteiger partial charge in [0.25, 0.3) is 5.91 Å². The molecule has 2 aromatic rings. The largest absolute Gasteiger partial charge is 0.353 e. The average Bonchev–Trinajstić information content (AvgIpc) is 3.11. The van der Waals surface area contributed by atoms with Crippen LogP contribution in [0.15, 0.2) is 24.3 Å². The molecule has 8 nitrogen and oxygen atoms in total. The summed E-state index contributed by atoms with van der Waals surface area (Å²) in [5.41, 5.74) is 1.76. The van der Waals surface area contributed by atoms with Gasteiger partial charge in [0.05, 0.1) is 11.8 Å². The summed E-state index contributed by atoms with van der Waals surface area (Å²) in [6.45, 7) is 4.21. The quantitative estimate of drug-likeness (QED) is 0.634. The van der Waals surface area contributed by atoms with Gasteiger partial charge < -0.3 is 15.2 Å². The van der Waals surface area contributed by atoms with Crippen molar-refractivity contribution >= 4 is 38.4 Å². The number of amides is 2. The SMILES string of the molecule is CCS(=O)(=O)Nc1ccc2c(c1)cc1n2C(CC(=O)NC2CCC(C)CC2)CNC1=O. The van der Waals surface area contributed by atoms with Crippen LogP contribution in [0.1, 0.15) is 62.5 Å². The molecule has 2 amide bonds. The Morgan fingerprint density at radius 1 is 1.19 bits per heavy atom. The predicted molar refractivity (Wildman–Crippen MR) is 121 cm³/mol. The fourth-order valence-corrected chi connectivity index (χ4v) is 5.21. The minimum atomic E-state index is -3.39. The van der Waals surface area contributed by atoms with Crippen LogP contribution in [0.2, 0.25) is 0 Å². The van der Waals surface area contributed by atoms with Crippen LogP contribution < -0.4 is 15.4 Å². The molecule has 3 N–H and O–H groups in total. The number of carbonyl (C=O) groups excluding carboxylic acids is 2. The van der Waals surface area contributed by atoms with E-state index in [0.29, 0.717) is 17.9 Å². The van der Waals surface area contributed by atoms with Crippen LogP contribution >= 0.6 is 0 Å². The van der Waals surface area contributed by atoms with Crippen LogP contribution in [-0.4, -0.2) is 43.1 Å². The van der Waals surface area contributed by atoms with Crippen molar-refractivity contribution < 1.29 is 18.0 Å². The zero-order chi connectivity index (χ0) is 22.2. The van der Waals surface area contributed by atoms with E-state index in [0.717, 1.165) is 42.5 Å². The van der Waals surface area contributed by atoms with Gasteiger partial charge in [-0.1, -0.05) is 6.92 Å². The third-order valence-electron chi connectivity index (χ3n) is 6.39. The number of sulfonamides is 1. The first kappa shape index (κ1) is 21.7. The number of aromatic nitrogens is 1. The molecule has 9 heteroatoms. The molecule has 1 unspecified atom stereocenters. The minimum Gasteiger partial charge on any atom is -0.353 e. The molecule has 2 heterocycles. The van der Waals surface area contributed by atoms with Gasteiger partial charge in [-0.2, -0.15) is 0 Å². The van der Waals surface area contributed by atoms with Crippen molar-refractivity contribution in [2.75, 3.05) is 17.0 Å². The Balaban J connectivity index is 1.55. The summed E-state index contributed by atoms with van der Waals surface area (Å²) in [7, 11) is -3.39. The maximum absolute atomic E-state index is 12.7. The molecule has 1 fully saturated rings. The van der Waals surface area contributed by atoms with E-state index in [9.17, 15) is 18.0 Å². The van der Waals surface area contributed by atoms with E-state index in [2.05, 4.69) is 22.3 Å². The van der Waals surface area contributed by atoms with Gasteiger partial charge in [-0.15, -0.1) is 0 Å². The maximum atomic E-state index is 12.7. The van der Waals surface area contributed by atoms with Gasteiger partial charge in [-0.25, -0.2) is 8.42 Å². The summed E-state index contributed by atoms with van der Waals surface area (Å²) in [6.07, 6.45) is 4.60. The number of fused-ring (bicyclic) bond motifs is 3. The van der Waals surface area contributed by atoms with Gasteiger partial charge in [0.1, 0.15) is 5.69 Å². The highest BCUT2D eigenvalue weighted by molar-refractivity contribution is 7.92. The zero-order valence-corrected chi connectivity index (χ0v) is 18.8. The van der Waals surface area contributed by atoms with Crippen molar-refractivity contribution in [3.63, 3.8) is 0 Å². The summed E-state index contributed by atoms with van der Waals surface area (Å²) in [4.78, 5) is 25.2. The van der Waals surface area contributed by atoms with E-state index in [-0.39, 0.29) is 36.1 Å². The van der Waals surface area contributed by atoms with Crippen molar-refractivity contribution in [2.24, 2.45) is 5.92 Å². The summed E-state index contributed by atoms with van der Waals surface area (Å²) < 4.78 is 28.2. The van der Waals surface area contributed by atoms with E-state index in [1.807, 2.05) is 4.57 Å². The van der Waals surface area contributed by atoms with Crippen LogP contribution in [-0.2, 0) is 14.8 Å². The van der Waals surface area contributed by atoms with Crippen molar-refractivity contribution in [2.45, 2.75) is 58.0 Å². The fraction of sp³-hybridized carbons (Fsp3) is 0.545. The van der Waals surface area contributed by atoms with Crippen LogP contribution in [0.3, 0.4) is 0 Å². The molecule has 168 valence electrons. The number of hydrogen-bond donors (Lipinski definition) is 3. The van der Waals surface area contributed by atoms with Crippen molar-refractivity contribution in [3.05, 3.63) is 30.0 Å². The summed E-state index contributed by atoms with van der Waals surface area (Å²) >= 11 is 0. The molecule has 31 heavy (non-hydrogen) atoms. The highest BCUT2D eigenvalue weighted by Gasteiger charge is 2.29. The lowest BCUT2D eigenvalue weighted by Crippen LogP contribution is -2.43. The van der Waals surface area contributed by atoms with E-state index < -0.39 is 10.0 Å². The molecule has 2 aliphatic rings. The highest BCUT2D eigenvalue weighted by Crippen LogP contribution is 2.31. The molecule has 1 aliphatic carbocycles. The van der Waals surface area contributed by atoms with Gasteiger partial charge in [0.15, 0.2) is 0 Å². The normalized spacial score (nSPS) is 23.8. The monoisotopic (exact) mass is 446 g/mol. The number of carbonyl (C=O) groups is 2. The Kier molecular flexibility index (Phi) is 5.96. The molecule has 1 atom stereocenters. The third-order valence-corrected chi connectivity index (χ3v) is 7.70. The molecule has 1 saturated carbocycles. The Morgan fingerprint density at radius 2 is 1.94 bits per heavy atom. The topological polar surface area (TPSA) is 109 Å². The molecule has 0 saturated heterocycles. The lowest BCUT2D eigenvalue weighted by Gasteiger charge is -2.30. The second kappa shape index (κ2) is 8.53. The lowest BCUT2D eigenvalue weighted by molar-refractivity contribution is -0.122. The van der Waals surface area contributed by atoms with E-state index >= 15 is 0 Å². The first-order chi connectivity index (χ1) is 14.8. The van der Waals surface area contributed by atoms with E-state index in [1.54, 1.807) is 31.2 Å². The summed E-state index contributed by atoms with van der Waals surface area (Å²) in [5, 5.41) is 6.80. The van der Waals surface area contributed by atoms with Gasteiger partial charge in [0.2, 0.25) is 15.9 Å². The predicted octanol–water partition coefficient (Wildman–Crippen LogP) is 2.77. The molecule has 0 bridgehead atoms. The molecular formula is C22H30N4O4S. The Morgan fingerprint density at radius 3 is 2.65 bits per heavy atom. The van der Waals surface area contributed by atoms with Crippen molar-refractivity contribution in [1.82, 2.24) is 15.2 Å². The van der Waals surface area contributed by atoms with Crippen molar-refractivity contribution in [1.29, 1.82) is 0 Å². The first-order valence-corrected chi connectivity index (χ1v) is 12.6. The van der Waals surface area contributed by atoms with E-state index in [4.69, 9.17) is 0 Å². The average molecular weight is 447 g/mol. The molecule has 1 aliphatic heterocycles. The number of rotatable bonds is 6. The van der Waals surface area contributed by atoms with Crippen LogP contribution in [0, 0.1) is 5.92 Å². The Labute approximate surface area is 182 Å². The van der Waals surface area contributed by atoms with Gasteiger partial charge in [-0.05, 0) is 62.8 Å². The molecule has 4 rings (SSSR count). The van der Waals surface area contributed by atoms with Gasteiger partial charge in [0, 0.05) is 35.6 Å². The zero-order valence-electron chi connectivity index (χ0n) is 18.0. The molecule has 0 spiro atoms. The number of hydrogen-bond acceptors (Lipinski definition) is 4. The Bertz CT molecular complexity index is 1100. The number of benzene rings is 1. The molecular weight excluding hydrogens is 416 g/mol. The lowest BCUT2D eigenvalue weighted by atomic mass is 9.87. The summed E-state index contributed by atoms with van der Waals surface area (Å²) in [5.74, 6) is 0.518. The highest BCUT2D eigenvalue weighted by atomic mass is 32.2. The fourth-order valence-electron chi connectivity index (χ4n) is 4.58. The molecule has 1 aromatic carbocycles. The minimum absolute atomic E-state index is 0.000767. The van der Waals surface area contributed by atoms with Crippen LogP contribution in [0.5, 0.6) is 0 Å². The molecule has 1 aromatic heterocycles. The van der Waals surface area contributed by atoms with Gasteiger partial charge >= 0.3 is 0 Å². The number of anilines is 1. The van der Waals surface area contributed by atoms with Gasteiger partial charge in [-0.3, -0.25) is 14.3 Å². The second-order valence-electron chi connectivity index (χ2n) is 8.77. The second-order valence-corrected chi connectivity index (χ2v) is 10.8. The van der Waals surface area contributed by atoms with Crippen LogP contribution in [0.4, 0.5) is 5.69 Å². The Hall–Kier alpha value is -2.55. The molecule has 0 radical (unpaired) electrons. The first-order valence-electron chi connectivity index (χ1n) is 11.0.